The van der Waals surface area contributed by atoms with Crippen molar-refractivity contribution < 1.29 is 52.7 Å². The quantitative estimate of drug-likeness (QED) is 0.167. The van der Waals surface area contributed by atoms with Gasteiger partial charge in [0.25, 0.3) is 0 Å². The van der Waals surface area contributed by atoms with Crippen LogP contribution in [-0.2, 0) is 24.7 Å². The van der Waals surface area contributed by atoms with Crippen molar-refractivity contribution in [3.8, 4) is 45.1 Å². The Kier molecular flexibility index (Phi) is 8.71. The van der Waals surface area contributed by atoms with Gasteiger partial charge in [0.1, 0.15) is 0 Å². The molecule has 15 heteroatoms. The molecule has 5 aromatic carbocycles. The Morgan fingerprint density at radius 3 is 1.35 bits per heavy atom. The first-order valence-corrected chi connectivity index (χ1v) is 15.9. The second-order valence-corrected chi connectivity index (χ2v) is 12.4. The molecule has 7 rings (SSSR count). The smallest absolute Gasteiger partial charge is 0.309 e. The number of pyridine rings is 1. The number of alkyl halides is 12. The number of aromatic nitrogens is 2. The minimum atomic E-state index is -5.22. The third-order valence-corrected chi connectivity index (χ3v) is 9.01. The van der Waals surface area contributed by atoms with E-state index >= 15 is 0 Å². The summed E-state index contributed by atoms with van der Waals surface area (Å²) in [5, 5.41) is 10.7. The SMILES string of the molecule is N#Cc1cc(-c2ccncc2)cc(-n2c3cc(-c4ccc(C(F)(F)F)cc4C(F)(F)F)ccc3c3ccc(-c4ccc(C(F)(F)F)cc4C(F)(F)F)cc32)c1. The highest BCUT2D eigenvalue weighted by Gasteiger charge is 2.40. The fraction of sp³-hybridized carbons (Fsp3) is 0.100. The number of rotatable bonds is 4. The van der Waals surface area contributed by atoms with Gasteiger partial charge in [-0.3, -0.25) is 4.98 Å². The maximum Gasteiger partial charge on any atom is 0.417 e. The van der Waals surface area contributed by atoms with Gasteiger partial charge in [-0.2, -0.15) is 57.9 Å². The standard InChI is InChI=1S/C40H19F12N3/c41-37(42,43)26-3-7-29(33(18-26)39(47,48)49)23-1-5-31-32-6-2-24(30-8-4-27(38(44,45)46)19-34(30)40(50,51)52)17-36(32)55(35(31)16-23)28-14-21(20-53)13-25(15-28)22-9-11-54-12-10-22/h1-19H. The van der Waals surface area contributed by atoms with Gasteiger partial charge in [0, 0.05) is 28.9 Å². The number of nitriles is 1. The summed E-state index contributed by atoms with van der Waals surface area (Å²) in [7, 11) is 0. The Morgan fingerprint density at radius 1 is 0.455 bits per heavy atom. The molecule has 0 spiro atoms. The highest BCUT2D eigenvalue weighted by molar-refractivity contribution is 6.11. The molecule has 0 saturated carbocycles. The van der Waals surface area contributed by atoms with Gasteiger partial charge >= 0.3 is 24.7 Å². The van der Waals surface area contributed by atoms with E-state index in [1.165, 1.54) is 59.4 Å². The van der Waals surface area contributed by atoms with Crippen LogP contribution in [0.15, 0.2) is 116 Å². The van der Waals surface area contributed by atoms with Crippen LogP contribution in [0.4, 0.5) is 52.7 Å². The summed E-state index contributed by atoms with van der Waals surface area (Å²) in [5.74, 6) is 0. The Labute approximate surface area is 302 Å². The van der Waals surface area contributed by atoms with Crippen molar-refractivity contribution in [3.63, 3.8) is 0 Å². The van der Waals surface area contributed by atoms with Gasteiger partial charge in [-0.05, 0) is 100 Å². The summed E-state index contributed by atoms with van der Waals surface area (Å²) in [6, 6.07) is 20.1. The molecule has 0 aliphatic carbocycles. The second kappa shape index (κ2) is 12.9. The van der Waals surface area contributed by atoms with E-state index in [4.69, 9.17) is 0 Å². The van der Waals surface area contributed by atoms with Crippen LogP contribution < -0.4 is 0 Å². The zero-order valence-electron chi connectivity index (χ0n) is 27.3. The third-order valence-electron chi connectivity index (χ3n) is 9.01. The van der Waals surface area contributed by atoms with Crippen LogP contribution in [0.5, 0.6) is 0 Å². The van der Waals surface area contributed by atoms with Gasteiger partial charge in [-0.1, -0.05) is 36.4 Å². The highest BCUT2D eigenvalue weighted by atomic mass is 19.4. The van der Waals surface area contributed by atoms with Gasteiger partial charge in [-0.25, -0.2) is 0 Å². The Balaban J connectivity index is 1.55. The van der Waals surface area contributed by atoms with Crippen molar-refractivity contribution in [1.29, 1.82) is 5.26 Å². The zero-order chi connectivity index (χ0) is 39.7. The molecule has 278 valence electrons. The van der Waals surface area contributed by atoms with Crippen molar-refractivity contribution in [2.75, 3.05) is 0 Å². The van der Waals surface area contributed by atoms with Crippen molar-refractivity contribution in [1.82, 2.24) is 9.55 Å². The van der Waals surface area contributed by atoms with Crippen LogP contribution in [0, 0.1) is 11.3 Å². The molecule has 0 radical (unpaired) electrons. The van der Waals surface area contributed by atoms with E-state index in [0.29, 0.717) is 46.2 Å². The number of benzene rings is 5. The molecule has 0 amide bonds. The summed E-state index contributed by atoms with van der Waals surface area (Å²) >= 11 is 0. The maximum atomic E-state index is 14.3. The largest absolute Gasteiger partial charge is 0.417 e. The molecule has 3 nitrogen and oxygen atoms in total. The van der Waals surface area contributed by atoms with Gasteiger partial charge in [-0.15, -0.1) is 0 Å². The molecule has 7 aromatic rings. The van der Waals surface area contributed by atoms with E-state index in [-0.39, 0.29) is 45.5 Å². The summed E-state index contributed by atoms with van der Waals surface area (Å²) < 4.78 is 168. The first kappa shape index (κ1) is 37.0. The molecule has 0 aliphatic heterocycles. The average molecular weight is 770 g/mol. The molecule has 0 atom stereocenters. The van der Waals surface area contributed by atoms with Crippen LogP contribution in [0.25, 0.3) is 60.9 Å². The van der Waals surface area contributed by atoms with Gasteiger partial charge < -0.3 is 4.57 Å². The van der Waals surface area contributed by atoms with Crippen LogP contribution in [-0.4, -0.2) is 9.55 Å². The molecular formula is C40H19F12N3. The van der Waals surface area contributed by atoms with Gasteiger partial charge in [0.05, 0.1) is 44.9 Å². The predicted molar refractivity (Wildman–Crippen MR) is 180 cm³/mol. The van der Waals surface area contributed by atoms with Crippen LogP contribution in [0.1, 0.15) is 27.8 Å². The van der Waals surface area contributed by atoms with E-state index in [1.54, 1.807) is 24.3 Å². The van der Waals surface area contributed by atoms with Crippen molar-refractivity contribution in [2.24, 2.45) is 0 Å². The first-order valence-electron chi connectivity index (χ1n) is 15.9. The third kappa shape index (κ3) is 6.95. The van der Waals surface area contributed by atoms with Gasteiger partial charge in [0.15, 0.2) is 0 Å². The summed E-state index contributed by atoms with van der Waals surface area (Å²) in [6.45, 7) is 0. The Morgan fingerprint density at radius 2 is 0.927 bits per heavy atom. The fourth-order valence-electron chi connectivity index (χ4n) is 6.56. The number of halogens is 12. The van der Waals surface area contributed by atoms with E-state index in [2.05, 4.69) is 4.98 Å². The highest BCUT2D eigenvalue weighted by Crippen LogP contribution is 2.45. The zero-order valence-corrected chi connectivity index (χ0v) is 27.3. The van der Waals surface area contributed by atoms with Crippen molar-refractivity contribution in [2.45, 2.75) is 24.7 Å². The predicted octanol–water partition coefficient (Wildman–Crippen LogP) is 13.1. The molecule has 0 unspecified atom stereocenters. The van der Waals surface area contributed by atoms with Crippen LogP contribution in [0.3, 0.4) is 0 Å². The normalized spacial score (nSPS) is 12.7. The van der Waals surface area contributed by atoms with E-state index in [0.717, 1.165) is 0 Å². The number of nitrogens with zero attached hydrogens (tertiary/aromatic N) is 3. The minimum absolute atomic E-state index is 0.00103. The lowest BCUT2D eigenvalue weighted by Crippen LogP contribution is -2.12. The van der Waals surface area contributed by atoms with Crippen LogP contribution in [0.2, 0.25) is 0 Å². The van der Waals surface area contributed by atoms with Crippen molar-refractivity contribution >= 4 is 21.8 Å². The molecule has 2 heterocycles. The molecular weight excluding hydrogens is 750 g/mol. The molecule has 0 aliphatic rings. The lowest BCUT2D eigenvalue weighted by atomic mass is 9.95. The Bertz CT molecular complexity index is 2530. The number of hydrogen-bond acceptors (Lipinski definition) is 2. The average Bonchev–Trinajstić information content (AvgIpc) is 3.46. The van der Waals surface area contributed by atoms with Crippen LogP contribution >= 0.6 is 0 Å². The topological polar surface area (TPSA) is 41.6 Å². The molecule has 0 saturated heterocycles. The number of hydrogen-bond donors (Lipinski definition) is 0. The minimum Gasteiger partial charge on any atom is -0.309 e. The molecule has 0 N–H and O–H groups in total. The summed E-state index contributed by atoms with van der Waals surface area (Å²) in [6.07, 6.45) is -17.6. The lowest BCUT2D eigenvalue weighted by molar-refractivity contribution is -0.144. The monoisotopic (exact) mass is 769 g/mol. The van der Waals surface area contributed by atoms with E-state index < -0.39 is 58.1 Å². The van der Waals surface area contributed by atoms with E-state index in [1.807, 2.05) is 6.07 Å². The summed E-state index contributed by atoms with van der Waals surface area (Å²) in [4.78, 5) is 3.98. The lowest BCUT2D eigenvalue weighted by Gasteiger charge is -2.17. The number of fused-ring (bicyclic) bond motifs is 3. The molecule has 55 heavy (non-hydrogen) atoms. The second-order valence-electron chi connectivity index (χ2n) is 12.4. The molecule has 2 aromatic heterocycles. The maximum absolute atomic E-state index is 14.3. The molecule has 0 fully saturated rings. The summed E-state index contributed by atoms with van der Waals surface area (Å²) in [5.41, 5.74) is -6.01. The fourth-order valence-corrected chi connectivity index (χ4v) is 6.56. The molecule has 0 bridgehead atoms. The first-order chi connectivity index (χ1) is 25.7. The Hall–Kier alpha value is -6.30. The van der Waals surface area contributed by atoms with Gasteiger partial charge in [0.2, 0.25) is 0 Å². The van der Waals surface area contributed by atoms with Crippen molar-refractivity contribution in [3.05, 3.63) is 143 Å². The van der Waals surface area contributed by atoms with E-state index in [9.17, 15) is 57.9 Å².